The topological polar surface area (TPSA) is 38.5 Å². The molecule has 0 aromatic heterocycles. The summed E-state index contributed by atoms with van der Waals surface area (Å²) in [6.07, 6.45) is 9.10. The van der Waals surface area contributed by atoms with E-state index in [0.29, 0.717) is 6.04 Å². The van der Waals surface area contributed by atoms with Crippen LogP contribution in [-0.4, -0.2) is 42.8 Å². The quantitative estimate of drug-likeness (QED) is 0.818. The van der Waals surface area contributed by atoms with Gasteiger partial charge in [-0.3, -0.25) is 4.90 Å². The van der Waals surface area contributed by atoms with Gasteiger partial charge in [-0.15, -0.1) is 0 Å². The number of nitrogens with two attached hydrogens (primary N) is 1. The van der Waals surface area contributed by atoms with Crippen LogP contribution in [0.25, 0.3) is 0 Å². The summed E-state index contributed by atoms with van der Waals surface area (Å²) in [6, 6.07) is 0.704. The highest BCUT2D eigenvalue weighted by Gasteiger charge is 2.39. The van der Waals surface area contributed by atoms with E-state index in [1.165, 1.54) is 44.9 Å². The van der Waals surface area contributed by atoms with E-state index in [0.717, 1.165) is 26.2 Å². The fraction of sp³-hybridized carbons (Fsp3) is 1.00. The monoisotopic (exact) mass is 240 g/mol. The van der Waals surface area contributed by atoms with Gasteiger partial charge >= 0.3 is 0 Å². The Labute approximate surface area is 106 Å². The molecule has 1 saturated heterocycles. The summed E-state index contributed by atoms with van der Waals surface area (Å²) in [5, 5.41) is 0. The first-order chi connectivity index (χ1) is 8.29. The van der Waals surface area contributed by atoms with Crippen LogP contribution in [0.15, 0.2) is 0 Å². The van der Waals surface area contributed by atoms with Crippen molar-refractivity contribution in [1.82, 2.24) is 4.90 Å². The Morgan fingerprint density at radius 1 is 1.29 bits per heavy atom. The van der Waals surface area contributed by atoms with Crippen molar-refractivity contribution in [1.29, 1.82) is 0 Å². The van der Waals surface area contributed by atoms with Crippen molar-refractivity contribution >= 4 is 0 Å². The normalized spacial score (nSPS) is 28.8. The molecule has 0 radical (unpaired) electrons. The molecule has 2 aliphatic rings. The molecule has 1 aliphatic carbocycles. The van der Waals surface area contributed by atoms with Gasteiger partial charge in [0.15, 0.2) is 0 Å². The van der Waals surface area contributed by atoms with E-state index in [1.54, 1.807) is 0 Å². The minimum Gasteiger partial charge on any atom is -0.375 e. The Hall–Kier alpha value is -0.120. The van der Waals surface area contributed by atoms with Crippen LogP contribution in [0.5, 0.6) is 0 Å². The Morgan fingerprint density at radius 3 is 2.71 bits per heavy atom. The van der Waals surface area contributed by atoms with Crippen LogP contribution in [0, 0.1) is 0 Å². The zero-order chi connectivity index (χ0) is 12.1. The molecule has 0 amide bonds. The fourth-order valence-electron chi connectivity index (χ4n) is 3.62. The van der Waals surface area contributed by atoms with E-state index in [9.17, 15) is 0 Å². The molecule has 1 aliphatic heterocycles. The van der Waals surface area contributed by atoms with Gasteiger partial charge in [-0.2, -0.15) is 0 Å². The summed E-state index contributed by atoms with van der Waals surface area (Å²) in [4.78, 5) is 2.55. The second-order valence-electron chi connectivity index (χ2n) is 5.66. The molecular formula is C14H28N2O. The van der Waals surface area contributed by atoms with Crippen LogP contribution in [0.3, 0.4) is 0 Å². The molecular weight excluding hydrogens is 212 g/mol. The van der Waals surface area contributed by atoms with Crippen LogP contribution in [0.4, 0.5) is 0 Å². The van der Waals surface area contributed by atoms with E-state index in [4.69, 9.17) is 10.5 Å². The molecule has 100 valence electrons. The lowest BCUT2D eigenvalue weighted by Gasteiger charge is -2.46. The molecule has 0 aromatic rings. The van der Waals surface area contributed by atoms with Crippen molar-refractivity contribution in [2.24, 2.45) is 5.73 Å². The SMILES string of the molecule is CCN(CCN)C1CCOC2(CCCCC2)C1. The van der Waals surface area contributed by atoms with Crippen LogP contribution in [0.2, 0.25) is 0 Å². The Kier molecular flexibility index (Phi) is 4.83. The predicted octanol–water partition coefficient (Wildman–Crippen LogP) is 2.15. The molecule has 2 N–H and O–H groups in total. The first kappa shape index (κ1) is 13.3. The van der Waals surface area contributed by atoms with Crippen molar-refractivity contribution in [3.8, 4) is 0 Å². The molecule has 0 aromatic carbocycles. The van der Waals surface area contributed by atoms with Gasteiger partial charge in [0.05, 0.1) is 5.60 Å². The molecule has 1 unspecified atom stereocenters. The lowest BCUT2D eigenvalue weighted by Crippen LogP contribution is -2.50. The molecule has 0 bridgehead atoms. The van der Waals surface area contributed by atoms with Crippen LogP contribution in [0.1, 0.15) is 51.9 Å². The van der Waals surface area contributed by atoms with E-state index >= 15 is 0 Å². The highest BCUT2D eigenvalue weighted by molar-refractivity contribution is 4.92. The van der Waals surface area contributed by atoms with Crippen molar-refractivity contribution in [3.05, 3.63) is 0 Å². The van der Waals surface area contributed by atoms with Crippen molar-refractivity contribution in [3.63, 3.8) is 0 Å². The standard InChI is InChI=1S/C14H28N2O/c1-2-16(10-9-15)13-6-11-17-14(12-13)7-4-3-5-8-14/h13H,2-12,15H2,1H3. The van der Waals surface area contributed by atoms with Crippen LogP contribution < -0.4 is 5.73 Å². The van der Waals surface area contributed by atoms with Gasteiger partial charge in [0, 0.05) is 25.7 Å². The summed E-state index contributed by atoms with van der Waals surface area (Å²) < 4.78 is 6.15. The maximum Gasteiger partial charge on any atom is 0.0697 e. The number of ether oxygens (including phenoxy) is 1. The van der Waals surface area contributed by atoms with Gasteiger partial charge in [0.25, 0.3) is 0 Å². The second-order valence-corrected chi connectivity index (χ2v) is 5.66. The Balaban J connectivity index is 1.95. The third-order valence-electron chi connectivity index (χ3n) is 4.57. The first-order valence-electron chi connectivity index (χ1n) is 7.38. The van der Waals surface area contributed by atoms with E-state index < -0.39 is 0 Å². The molecule has 1 heterocycles. The summed E-state index contributed by atoms with van der Waals surface area (Å²) in [5.74, 6) is 0. The number of rotatable bonds is 4. The van der Waals surface area contributed by atoms with Crippen molar-refractivity contribution in [2.45, 2.75) is 63.5 Å². The van der Waals surface area contributed by atoms with E-state index in [-0.39, 0.29) is 5.60 Å². The van der Waals surface area contributed by atoms with Gasteiger partial charge in [0.1, 0.15) is 0 Å². The zero-order valence-electron chi connectivity index (χ0n) is 11.3. The van der Waals surface area contributed by atoms with Gasteiger partial charge in [-0.25, -0.2) is 0 Å². The van der Waals surface area contributed by atoms with Gasteiger partial charge in [-0.1, -0.05) is 26.2 Å². The van der Waals surface area contributed by atoms with Gasteiger partial charge in [-0.05, 0) is 32.2 Å². The average Bonchev–Trinajstić information content (AvgIpc) is 2.37. The third-order valence-corrected chi connectivity index (χ3v) is 4.57. The highest BCUT2D eigenvalue weighted by Crippen LogP contribution is 2.39. The lowest BCUT2D eigenvalue weighted by molar-refractivity contribution is -0.123. The molecule has 1 atom stereocenters. The Bertz CT molecular complexity index is 221. The number of likely N-dealkylation sites (N-methyl/N-ethyl adjacent to an activating group) is 1. The molecule has 1 saturated carbocycles. The van der Waals surface area contributed by atoms with E-state index in [1.807, 2.05) is 0 Å². The molecule has 1 spiro atoms. The zero-order valence-corrected chi connectivity index (χ0v) is 11.3. The Morgan fingerprint density at radius 2 is 2.06 bits per heavy atom. The van der Waals surface area contributed by atoms with Crippen LogP contribution in [-0.2, 0) is 4.74 Å². The van der Waals surface area contributed by atoms with E-state index in [2.05, 4.69) is 11.8 Å². The van der Waals surface area contributed by atoms with Crippen molar-refractivity contribution < 1.29 is 4.74 Å². The summed E-state index contributed by atoms with van der Waals surface area (Å²) in [6.45, 7) is 6.14. The van der Waals surface area contributed by atoms with Crippen LogP contribution >= 0.6 is 0 Å². The average molecular weight is 240 g/mol. The van der Waals surface area contributed by atoms with Gasteiger partial charge in [0.2, 0.25) is 0 Å². The second kappa shape index (κ2) is 6.17. The summed E-state index contributed by atoms with van der Waals surface area (Å²) >= 11 is 0. The first-order valence-corrected chi connectivity index (χ1v) is 7.38. The van der Waals surface area contributed by atoms with Gasteiger partial charge < -0.3 is 10.5 Å². The molecule has 2 fully saturated rings. The highest BCUT2D eigenvalue weighted by atomic mass is 16.5. The van der Waals surface area contributed by atoms with Crippen molar-refractivity contribution in [2.75, 3.05) is 26.2 Å². The summed E-state index contributed by atoms with van der Waals surface area (Å²) in [7, 11) is 0. The molecule has 3 nitrogen and oxygen atoms in total. The molecule has 17 heavy (non-hydrogen) atoms. The molecule has 2 rings (SSSR count). The fourth-order valence-corrected chi connectivity index (χ4v) is 3.62. The predicted molar refractivity (Wildman–Crippen MR) is 71.1 cm³/mol. The maximum absolute atomic E-state index is 6.15. The number of nitrogens with zero attached hydrogens (tertiary/aromatic N) is 1. The largest absolute Gasteiger partial charge is 0.375 e. The maximum atomic E-state index is 6.15. The summed E-state index contributed by atoms with van der Waals surface area (Å²) in [5.41, 5.74) is 5.93. The smallest absolute Gasteiger partial charge is 0.0697 e. The third kappa shape index (κ3) is 3.21. The molecule has 3 heteroatoms. The minimum absolute atomic E-state index is 0.225. The lowest BCUT2D eigenvalue weighted by atomic mass is 9.78. The minimum atomic E-state index is 0.225. The number of hydrogen-bond donors (Lipinski definition) is 1. The number of hydrogen-bond acceptors (Lipinski definition) is 3.